The van der Waals surface area contributed by atoms with E-state index in [1.54, 1.807) is 23.1 Å². The van der Waals surface area contributed by atoms with Crippen molar-refractivity contribution in [2.24, 2.45) is 10.9 Å². The summed E-state index contributed by atoms with van der Waals surface area (Å²) < 4.78 is 6.11. The number of piperidine rings is 1. The molecule has 1 aliphatic heterocycles. The molecule has 1 saturated heterocycles. The molecule has 0 bridgehead atoms. The van der Waals surface area contributed by atoms with Crippen LogP contribution in [0.15, 0.2) is 27.8 Å². The molecular formula is C14H18BrN3O3. The van der Waals surface area contributed by atoms with Crippen LogP contribution in [-0.4, -0.2) is 41.5 Å². The van der Waals surface area contributed by atoms with Gasteiger partial charge in [-0.3, -0.25) is 4.79 Å². The zero-order valence-electron chi connectivity index (χ0n) is 11.8. The monoisotopic (exact) mass is 355 g/mol. The molecule has 0 saturated carbocycles. The molecule has 1 heterocycles. The van der Waals surface area contributed by atoms with Gasteiger partial charge in [-0.05, 0) is 37.5 Å². The van der Waals surface area contributed by atoms with Gasteiger partial charge in [0.05, 0.1) is 18.7 Å². The second-order valence-corrected chi connectivity index (χ2v) is 5.80. The summed E-state index contributed by atoms with van der Waals surface area (Å²) in [5.74, 6) is 0.396. The molecule has 1 aromatic rings. The molecule has 2 rings (SSSR count). The van der Waals surface area contributed by atoms with E-state index in [4.69, 9.17) is 15.7 Å². The van der Waals surface area contributed by atoms with Crippen molar-refractivity contribution in [1.29, 1.82) is 0 Å². The van der Waals surface area contributed by atoms with Crippen molar-refractivity contribution in [3.05, 3.63) is 28.2 Å². The number of halogens is 1. The van der Waals surface area contributed by atoms with E-state index < -0.39 is 0 Å². The second kappa shape index (κ2) is 6.80. The minimum absolute atomic E-state index is 0.0686. The lowest BCUT2D eigenvalue weighted by Gasteiger charge is -2.35. The third-order valence-electron chi connectivity index (χ3n) is 3.61. The fourth-order valence-corrected chi connectivity index (χ4v) is 2.89. The van der Waals surface area contributed by atoms with Crippen molar-refractivity contribution in [2.75, 3.05) is 13.7 Å². The summed E-state index contributed by atoms with van der Waals surface area (Å²) in [6.07, 6.45) is 2.54. The Balaban J connectivity index is 2.33. The predicted molar refractivity (Wildman–Crippen MR) is 82.8 cm³/mol. The summed E-state index contributed by atoms with van der Waals surface area (Å²) in [6.45, 7) is 0.582. The maximum absolute atomic E-state index is 12.8. The molecule has 21 heavy (non-hydrogen) atoms. The number of nitrogens with two attached hydrogens (primary N) is 1. The van der Waals surface area contributed by atoms with E-state index in [1.165, 1.54) is 7.11 Å². The number of methoxy groups -OCH3 is 1. The van der Waals surface area contributed by atoms with Gasteiger partial charge in [-0.25, -0.2) is 0 Å². The first kappa shape index (κ1) is 15.6. The highest BCUT2D eigenvalue weighted by molar-refractivity contribution is 9.10. The van der Waals surface area contributed by atoms with E-state index in [9.17, 15) is 4.79 Å². The summed E-state index contributed by atoms with van der Waals surface area (Å²) in [5, 5.41) is 11.9. The molecule has 1 atom stereocenters. The van der Waals surface area contributed by atoms with Gasteiger partial charge in [0.15, 0.2) is 5.84 Å². The van der Waals surface area contributed by atoms with Crippen LogP contribution in [0.1, 0.15) is 29.6 Å². The van der Waals surface area contributed by atoms with Crippen molar-refractivity contribution in [1.82, 2.24) is 4.90 Å². The summed E-state index contributed by atoms with van der Waals surface area (Å²) in [4.78, 5) is 14.4. The first-order valence-corrected chi connectivity index (χ1v) is 7.49. The molecule has 1 unspecified atom stereocenters. The van der Waals surface area contributed by atoms with Crippen molar-refractivity contribution in [3.8, 4) is 5.75 Å². The van der Waals surface area contributed by atoms with Crippen LogP contribution in [0.25, 0.3) is 0 Å². The van der Waals surface area contributed by atoms with Crippen molar-refractivity contribution < 1.29 is 14.7 Å². The summed E-state index contributed by atoms with van der Waals surface area (Å²) in [6, 6.07) is 4.88. The maximum Gasteiger partial charge on any atom is 0.258 e. The van der Waals surface area contributed by atoms with Gasteiger partial charge < -0.3 is 20.6 Å². The van der Waals surface area contributed by atoms with Gasteiger partial charge in [0.2, 0.25) is 0 Å². The first-order valence-electron chi connectivity index (χ1n) is 6.70. The normalized spacial score (nSPS) is 19.4. The molecule has 1 amide bonds. The van der Waals surface area contributed by atoms with Crippen LogP contribution < -0.4 is 10.5 Å². The SMILES string of the molecule is COc1cc(Br)ccc1C(=O)N1CCCCC1/C(N)=N/O. The molecule has 1 aliphatic rings. The van der Waals surface area contributed by atoms with Crippen molar-refractivity contribution in [3.63, 3.8) is 0 Å². The van der Waals surface area contributed by atoms with Crippen molar-refractivity contribution in [2.45, 2.75) is 25.3 Å². The Morgan fingerprint density at radius 3 is 2.95 bits per heavy atom. The van der Waals surface area contributed by atoms with Crippen molar-refractivity contribution >= 4 is 27.7 Å². The number of hydrogen-bond acceptors (Lipinski definition) is 4. The van der Waals surface area contributed by atoms with Gasteiger partial charge in [0, 0.05) is 11.0 Å². The van der Waals surface area contributed by atoms with E-state index in [0.717, 1.165) is 17.3 Å². The van der Waals surface area contributed by atoms with E-state index in [2.05, 4.69) is 21.1 Å². The fraction of sp³-hybridized carbons (Fsp3) is 0.429. The van der Waals surface area contributed by atoms with Gasteiger partial charge in [-0.2, -0.15) is 0 Å². The number of oxime groups is 1. The number of amides is 1. The number of nitrogens with zero attached hydrogens (tertiary/aromatic N) is 2. The Labute approximate surface area is 131 Å². The topological polar surface area (TPSA) is 88.2 Å². The Morgan fingerprint density at radius 2 is 2.29 bits per heavy atom. The fourth-order valence-electron chi connectivity index (χ4n) is 2.55. The lowest BCUT2D eigenvalue weighted by molar-refractivity contribution is 0.0673. The summed E-state index contributed by atoms with van der Waals surface area (Å²) >= 11 is 3.35. The van der Waals surface area contributed by atoms with Gasteiger partial charge in [0.1, 0.15) is 5.75 Å². The van der Waals surface area contributed by atoms with Crippen LogP contribution in [-0.2, 0) is 0 Å². The average Bonchev–Trinajstić information content (AvgIpc) is 2.53. The minimum Gasteiger partial charge on any atom is -0.496 e. The number of carbonyl (C=O) groups is 1. The molecule has 3 N–H and O–H groups in total. The standard InChI is InChI=1S/C14H18BrN3O3/c1-21-12-8-9(15)5-6-10(12)14(19)18-7-3-2-4-11(18)13(16)17-20/h5-6,8,11,20H,2-4,7H2,1H3,(H2,16,17). The third kappa shape index (κ3) is 3.29. The summed E-state index contributed by atoms with van der Waals surface area (Å²) in [5.41, 5.74) is 6.19. The molecule has 7 heteroatoms. The number of hydrogen-bond donors (Lipinski definition) is 2. The summed E-state index contributed by atoms with van der Waals surface area (Å²) in [7, 11) is 1.52. The Hall–Kier alpha value is -1.76. The number of likely N-dealkylation sites (tertiary alicyclic amines) is 1. The number of ether oxygens (including phenoxy) is 1. The third-order valence-corrected chi connectivity index (χ3v) is 4.11. The lowest BCUT2D eigenvalue weighted by atomic mass is 9.99. The van der Waals surface area contributed by atoms with E-state index in [1.807, 2.05) is 0 Å². The highest BCUT2D eigenvalue weighted by Gasteiger charge is 2.31. The molecule has 114 valence electrons. The van der Waals surface area contributed by atoms with Gasteiger partial charge in [0.25, 0.3) is 5.91 Å². The largest absolute Gasteiger partial charge is 0.496 e. The van der Waals surface area contributed by atoms with E-state index in [-0.39, 0.29) is 17.8 Å². The van der Waals surface area contributed by atoms with Gasteiger partial charge in [-0.1, -0.05) is 21.1 Å². The molecule has 1 aromatic carbocycles. The zero-order chi connectivity index (χ0) is 15.4. The van der Waals surface area contributed by atoms with Gasteiger partial charge in [-0.15, -0.1) is 0 Å². The number of benzene rings is 1. The molecule has 0 aliphatic carbocycles. The van der Waals surface area contributed by atoms with Crippen LogP contribution in [0.3, 0.4) is 0 Å². The molecule has 0 spiro atoms. The molecule has 1 fully saturated rings. The number of amidine groups is 1. The average molecular weight is 356 g/mol. The van der Waals surface area contributed by atoms with Crippen LogP contribution in [0.2, 0.25) is 0 Å². The van der Waals surface area contributed by atoms with Crippen LogP contribution in [0.5, 0.6) is 5.75 Å². The quantitative estimate of drug-likeness (QED) is 0.376. The second-order valence-electron chi connectivity index (χ2n) is 4.88. The smallest absolute Gasteiger partial charge is 0.258 e. The molecule has 0 radical (unpaired) electrons. The highest BCUT2D eigenvalue weighted by atomic mass is 79.9. The Morgan fingerprint density at radius 1 is 1.52 bits per heavy atom. The van der Waals surface area contributed by atoms with E-state index >= 15 is 0 Å². The maximum atomic E-state index is 12.8. The first-order chi connectivity index (χ1) is 10.1. The predicted octanol–water partition coefficient (Wildman–Crippen LogP) is 2.20. The van der Waals surface area contributed by atoms with Crippen LogP contribution in [0.4, 0.5) is 0 Å². The molecular weight excluding hydrogens is 338 g/mol. The van der Waals surface area contributed by atoms with Gasteiger partial charge >= 0.3 is 0 Å². The highest BCUT2D eigenvalue weighted by Crippen LogP contribution is 2.27. The Kier molecular flexibility index (Phi) is 5.06. The minimum atomic E-state index is -0.371. The zero-order valence-corrected chi connectivity index (χ0v) is 13.3. The van der Waals surface area contributed by atoms with E-state index in [0.29, 0.717) is 24.3 Å². The number of rotatable bonds is 3. The number of carbonyl (C=O) groups excluding carboxylic acids is 1. The molecule has 0 aromatic heterocycles. The Bertz CT molecular complexity index is 562. The molecule has 6 nitrogen and oxygen atoms in total. The lowest BCUT2D eigenvalue weighted by Crippen LogP contribution is -2.50. The van der Waals surface area contributed by atoms with Crippen LogP contribution in [0, 0.1) is 0 Å². The van der Waals surface area contributed by atoms with Crippen LogP contribution >= 0.6 is 15.9 Å².